The Morgan fingerprint density at radius 3 is 2.32 bits per heavy atom. The van der Waals surface area contributed by atoms with Crippen LogP contribution in [0.15, 0.2) is 77.3 Å². The number of carbonyl (C=O) groups excluding carboxylic acids is 2. The van der Waals surface area contributed by atoms with Gasteiger partial charge in [0.1, 0.15) is 5.54 Å². The number of methoxy groups -OCH3 is 1. The third-order valence-corrected chi connectivity index (χ3v) is 7.07. The van der Waals surface area contributed by atoms with Crippen molar-refractivity contribution >= 4 is 56.8 Å². The first-order valence-electron chi connectivity index (χ1n) is 10.7. The molecule has 0 spiro atoms. The first-order valence-corrected chi connectivity index (χ1v) is 12.3. The van der Waals surface area contributed by atoms with E-state index in [9.17, 15) is 9.59 Å². The minimum atomic E-state index is -1.18. The Labute approximate surface area is 217 Å². The summed E-state index contributed by atoms with van der Waals surface area (Å²) in [6.45, 7) is 0.357. The van der Waals surface area contributed by atoms with Crippen LogP contribution < -0.4 is 5.32 Å². The van der Waals surface area contributed by atoms with E-state index >= 15 is 0 Å². The van der Waals surface area contributed by atoms with Gasteiger partial charge in [0.15, 0.2) is 0 Å². The van der Waals surface area contributed by atoms with Crippen LogP contribution >= 0.6 is 39.1 Å². The molecule has 5 nitrogen and oxygen atoms in total. The van der Waals surface area contributed by atoms with Crippen molar-refractivity contribution in [3.8, 4) is 0 Å². The lowest BCUT2D eigenvalue weighted by atomic mass is 9.83. The minimum Gasteiger partial charge on any atom is -0.467 e. The van der Waals surface area contributed by atoms with Crippen LogP contribution in [0.2, 0.25) is 10.0 Å². The van der Waals surface area contributed by atoms with E-state index in [0.717, 1.165) is 15.6 Å². The number of rotatable bonds is 5. The second kappa shape index (κ2) is 10.4. The first-order chi connectivity index (χ1) is 16.3. The molecule has 34 heavy (non-hydrogen) atoms. The summed E-state index contributed by atoms with van der Waals surface area (Å²) in [7, 11) is 1.36. The van der Waals surface area contributed by atoms with Gasteiger partial charge in [0.2, 0.25) is 0 Å². The van der Waals surface area contributed by atoms with Gasteiger partial charge in [0.05, 0.1) is 7.11 Å². The molecule has 8 heteroatoms. The minimum absolute atomic E-state index is 0.0375. The molecule has 2 amide bonds. The zero-order chi connectivity index (χ0) is 24.3. The molecule has 1 heterocycles. The fourth-order valence-corrected chi connectivity index (χ4v) is 5.37. The Morgan fingerprint density at radius 2 is 1.71 bits per heavy atom. The molecule has 0 aliphatic carbocycles. The maximum Gasteiger partial charge on any atom is 0.332 e. The van der Waals surface area contributed by atoms with Crippen LogP contribution in [0.25, 0.3) is 0 Å². The van der Waals surface area contributed by atoms with Crippen molar-refractivity contribution in [1.29, 1.82) is 0 Å². The van der Waals surface area contributed by atoms with Gasteiger partial charge in [0.25, 0.3) is 0 Å². The molecule has 3 aromatic rings. The van der Waals surface area contributed by atoms with Crippen LogP contribution in [0.3, 0.4) is 0 Å². The topological polar surface area (TPSA) is 58.6 Å². The fourth-order valence-electron chi connectivity index (χ4n) is 4.58. The zero-order valence-corrected chi connectivity index (χ0v) is 21.5. The second-order valence-electron chi connectivity index (χ2n) is 8.34. The van der Waals surface area contributed by atoms with Crippen LogP contribution in [0.1, 0.15) is 23.5 Å². The first kappa shape index (κ1) is 24.6. The van der Waals surface area contributed by atoms with Crippen LogP contribution in [-0.2, 0) is 16.0 Å². The van der Waals surface area contributed by atoms with Crippen molar-refractivity contribution in [2.24, 2.45) is 0 Å². The summed E-state index contributed by atoms with van der Waals surface area (Å²) in [6.07, 6.45) is 0.753. The molecule has 0 aromatic heterocycles. The molecule has 0 saturated carbocycles. The van der Waals surface area contributed by atoms with E-state index in [0.29, 0.717) is 35.1 Å². The summed E-state index contributed by atoms with van der Waals surface area (Å²) in [5.41, 5.74) is 1.25. The van der Waals surface area contributed by atoms with Crippen molar-refractivity contribution < 1.29 is 14.3 Å². The number of carbonyl (C=O) groups is 2. The highest BCUT2D eigenvalue weighted by Crippen LogP contribution is 2.42. The number of hydrogen-bond donors (Lipinski definition) is 1. The van der Waals surface area contributed by atoms with E-state index in [1.165, 1.54) is 7.11 Å². The van der Waals surface area contributed by atoms with Crippen LogP contribution in [0.4, 0.5) is 10.5 Å². The summed E-state index contributed by atoms with van der Waals surface area (Å²) in [6, 6.07) is 22.0. The predicted molar refractivity (Wildman–Crippen MR) is 139 cm³/mol. The number of likely N-dealkylation sites (tertiary alicyclic amines) is 1. The van der Waals surface area contributed by atoms with Crippen LogP contribution in [0.5, 0.6) is 0 Å². The Hall–Kier alpha value is -2.54. The van der Waals surface area contributed by atoms with Gasteiger partial charge in [0, 0.05) is 39.1 Å². The zero-order valence-electron chi connectivity index (χ0n) is 18.4. The van der Waals surface area contributed by atoms with Gasteiger partial charge >= 0.3 is 12.0 Å². The number of benzene rings is 3. The highest BCUT2D eigenvalue weighted by Gasteiger charge is 2.54. The van der Waals surface area contributed by atoms with Crippen LogP contribution in [-0.4, -0.2) is 36.1 Å². The number of esters is 1. The fraction of sp³-hybridized carbons (Fsp3) is 0.231. The molecular weight excluding hydrogens is 539 g/mol. The average molecular weight is 562 g/mol. The maximum atomic E-state index is 13.6. The van der Waals surface area contributed by atoms with E-state index in [1.54, 1.807) is 23.1 Å². The molecule has 0 radical (unpaired) electrons. The van der Waals surface area contributed by atoms with E-state index in [-0.39, 0.29) is 5.92 Å². The smallest absolute Gasteiger partial charge is 0.332 e. The standard InChI is InChI=1S/C26H23BrCl2N2O3/c1-34-24(32)26(14-17-7-9-20(27)10-8-17)15-19(18-5-3-2-4-6-18)16-31(26)25(33)30-23-12-21(28)11-22(29)13-23/h2-13,19H,14-16H2,1H3,(H,30,33). The molecule has 1 aliphatic rings. The Balaban J connectivity index is 1.74. The SMILES string of the molecule is COC(=O)C1(Cc2ccc(Br)cc2)CC(c2ccccc2)CN1C(=O)Nc1cc(Cl)cc(Cl)c1. The van der Waals surface area contributed by atoms with Crippen molar-refractivity contribution in [3.05, 3.63) is 98.4 Å². The highest BCUT2D eigenvalue weighted by atomic mass is 79.9. The molecule has 2 unspecified atom stereocenters. The predicted octanol–water partition coefficient (Wildman–Crippen LogP) is 6.93. The van der Waals surface area contributed by atoms with Gasteiger partial charge in [-0.05, 0) is 47.9 Å². The number of nitrogens with zero attached hydrogens (tertiary/aromatic N) is 1. The van der Waals surface area contributed by atoms with Gasteiger partial charge in [-0.3, -0.25) is 0 Å². The van der Waals surface area contributed by atoms with Gasteiger partial charge in [-0.25, -0.2) is 9.59 Å². The molecule has 2 atom stereocenters. The molecule has 0 bridgehead atoms. The number of hydrogen-bond acceptors (Lipinski definition) is 3. The summed E-state index contributed by atoms with van der Waals surface area (Å²) >= 11 is 15.7. The lowest BCUT2D eigenvalue weighted by molar-refractivity contribution is -0.151. The quantitative estimate of drug-likeness (QED) is 0.343. The largest absolute Gasteiger partial charge is 0.467 e. The summed E-state index contributed by atoms with van der Waals surface area (Å²) in [4.78, 5) is 28.6. The van der Waals surface area contributed by atoms with E-state index in [4.69, 9.17) is 27.9 Å². The molecule has 1 saturated heterocycles. The van der Waals surface area contributed by atoms with Gasteiger partial charge < -0.3 is 15.0 Å². The van der Waals surface area contributed by atoms with Crippen molar-refractivity contribution in [3.63, 3.8) is 0 Å². The number of urea groups is 1. The number of ether oxygens (including phenoxy) is 1. The van der Waals surface area contributed by atoms with Gasteiger partial charge in [-0.2, -0.15) is 0 Å². The summed E-state index contributed by atoms with van der Waals surface area (Å²) in [5.74, 6) is -0.488. The Kier molecular flexibility index (Phi) is 7.51. The van der Waals surface area contributed by atoms with Crippen molar-refractivity contribution in [2.45, 2.75) is 24.3 Å². The Bertz CT molecular complexity index is 1170. The Morgan fingerprint density at radius 1 is 1.06 bits per heavy atom. The molecule has 1 fully saturated rings. The third kappa shape index (κ3) is 5.24. The van der Waals surface area contributed by atoms with Gasteiger partial charge in [-0.1, -0.05) is 81.6 Å². The molecule has 1 N–H and O–H groups in total. The molecular formula is C26H23BrCl2N2O3. The third-order valence-electron chi connectivity index (χ3n) is 6.11. The lowest BCUT2D eigenvalue weighted by Gasteiger charge is -2.36. The average Bonchev–Trinajstić information content (AvgIpc) is 3.20. The van der Waals surface area contributed by atoms with E-state index < -0.39 is 17.5 Å². The maximum absolute atomic E-state index is 13.6. The summed E-state index contributed by atoms with van der Waals surface area (Å²) < 4.78 is 6.21. The molecule has 176 valence electrons. The van der Waals surface area contributed by atoms with Crippen LogP contribution in [0, 0.1) is 0 Å². The highest BCUT2D eigenvalue weighted by molar-refractivity contribution is 9.10. The van der Waals surface area contributed by atoms with E-state index in [1.807, 2.05) is 54.6 Å². The van der Waals surface area contributed by atoms with Crippen molar-refractivity contribution in [1.82, 2.24) is 4.90 Å². The van der Waals surface area contributed by atoms with Gasteiger partial charge in [-0.15, -0.1) is 0 Å². The molecule has 1 aliphatic heterocycles. The molecule has 4 rings (SSSR count). The normalized spacial score (nSPS) is 19.6. The number of halogens is 3. The second-order valence-corrected chi connectivity index (χ2v) is 10.1. The van der Waals surface area contributed by atoms with Crippen molar-refractivity contribution in [2.75, 3.05) is 19.0 Å². The lowest BCUT2D eigenvalue weighted by Crippen LogP contribution is -2.56. The number of nitrogens with one attached hydrogen (secondary N) is 1. The number of amides is 2. The monoisotopic (exact) mass is 560 g/mol. The summed E-state index contributed by atoms with van der Waals surface area (Å²) in [5, 5.41) is 3.68. The number of anilines is 1. The van der Waals surface area contributed by atoms with E-state index in [2.05, 4.69) is 21.2 Å². The molecule has 3 aromatic carbocycles.